The standard InChI is InChI=1S/C11H10ClN3O2S/c1-6-4-18-5-7(6)10(16)15-11-13-8(12)3-9(14-11)17-2/h3-5H,1-2H3,(H,13,14,15,16). The van der Waals surface area contributed by atoms with Crippen molar-refractivity contribution in [1.29, 1.82) is 0 Å². The van der Waals surface area contributed by atoms with Crippen LogP contribution in [0.2, 0.25) is 5.15 Å². The van der Waals surface area contributed by atoms with Gasteiger partial charge in [-0.15, -0.1) is 0 Å². The van der Waals surface area contributed by atoms with Gasteiger partial charge in [-0.1, -0.05) is 11.6 Å². The van der Waals surface area contributed by atoms with Crippen molar-refractivity contribution in [2.75, 3.05) is 12.4 Å². The smallest absolute Gasteiger partial charge is 0.259 e. The second kappa shape index (κ2) is 5.32. The molecular weight excluding hydrogens is 274 g/mol. The van der Waals surface area contributed by atoms with Crippen LogP contribution in [0.15, 0.2) is 16.8 Å². The first kappa shape index (κ1) is 12.8. The van der Waals surface area contributed by atoms with Gasteiger partial charge in [-0.05, 0) is 17.9 Å². The molecule has 0 atom stereocenters. The van der Waals surface area contributed by atoms with Crippen molar-refractivity contribution in [2.24, 2.45) is 0 Å². The van der Waals surface area contributed by atoms with Crippen molar-refractivity contribution in [3.05, 3.63) is 33.1 Å². The average Bonchev–Trinajstić information content (AvgIpc) is 2.74. The van der Waals surface area contributed by atoms with Crippen LogP contribution in [0.3, 0.4) is 0 Å². The van der Waals surface area contributed by atoms with Crippen LogP contribution in [0.25, 0.3) is 0 Å². The Morgan fingerprint density at radius 3 is 2.83 bits per heavy atom. The zero-order valence-electron chi connectivity index (χ0n) is 9.73. The number of thiophene rings is 1. The van der Waals surface area contributed by atoms with Gasteiger partial charge in [0.1, 0.15) is 5.15 Å². The van der Waals surface area contributed by atoms with Crippen LogP contribution in [0, 0.1) is 6.92 Å². The van der Waals surface area contributed by atoms with Crippen LogP contribution >= 0.6 is 22.9 Å². The molecule has 1 N–H and O–H groups in total. The first-order valence-corrected chi connectivity index (χ1v) is 6.35. The number of hydrogen-bond donors (Lipinski definition) is 1. The first-order valence-electron chi connectivity index (χ1n) is 5.03. The third kappa shape index (κ3) is 2.77. The maximum Gasteiger partial charge on any atom is 0.259 e. The average molecular weight is 284 g/mol. The van der Waals surface area contributed by atoms with E-state index >= 15 is 0 Å². The number of nitrogens with one attached hydrogen (secondary N) is 1. The molecule has 0 aliphatic heterocycles. The first-order chi connectivity index (χ1) is 8.60. The van der Waals surface area contributed by atoms with Gasteiger partial charge in [-0.3, -0.25) is 10.1 Å². The molecule has 2 aromatic heterocycles. The molecule has 0 bridgehead atoms. The lowest BCUT2D eigenvalue weighted by Gasteiger charge is -2.05. The fraction of sp³-hybridized carbons (Fsp3) is 0.182. The molecular formula is C11H10ClN3O2S. The van der Waals surface area contributed by atoms with Crippen LogP contribution < -0.4 is 10.1 Å². The highest BCUT2D eigenvalue weighted by Crippen LogP contribution is 2.18. The van der Waals surface area contributed by atoms with Crippen LogP contribution in [0.4, 0.5) is 5.95 Å². The van der Waals surface area contributed by atoms with E-state index < -0.39 is 0 Å². The van der Waals surface area contributed by atoms with E-state index in [2.05, 4.69) is 15.3 Å². The topological polar surface area (TPSA) is 64.1 Å². The number of hydrogen-bond acceptors (Lipinski definition) is 5. The summed E-state index contributed by atoms with van der Waals surface area (Å²) in [6.45, 7) is 1.87. The summed E-state index contributed by atoms with van der Waals surface area (Å²) in [5.41, 5.74) is 1.51. The molecule has 0 spiro atoms. The predicted octanol–water partition coefficient (Wildman–Crippen LogP) is 2.76. The van der Waals surface area contributed by atoms with Crippen molar-refractivity contribution >= 4 is 34.8 Å². The molecule has 94 valence electrons. The van der Waals surface area contributed by atoms with Gasteiger partial charge >= 0.3 is 0 Å². The number of anilines is 1. The van der Waals surface area contributed by atoms with E-state index in [9.17, 15) is 4.79 Å². The Balaban J connectivity index is 2.22. The van der Waals surface area contributed by atoms with Gasteiger partial charge in [0.05, 0.1) is 12.7 Å². The second-order valence-corrected chi connectivity index (χ2v) is 4.61. The van der Waals surface area contributed by atoms with E-state index in [1.807, 2.05) is 12.3 Å². The lowest BCUT2D eigenvalue weighted by Crippen LogP contribution is -2.14. The Morgan fingerprint density at radius 2 is 2.22 bits per heavy atom. The minimum Gasteiger partial charge on any atom is -0.481 e. The molecule has 2 heterocycles. The molecule has 2 rings (SSSR count). The fourth-order valence-electron chi connectivity index (χ4n) is 1.32. The number of nitrogens with zero attached hydrogens (tertiary/aromatic N) is 2. The Morgan fingerprint density at radius 1 is 1.44 bits per heavy atom. The number of aromatic nitrogens is 2. The highest BCUT2D eigenvalue weighted by molar-refractivity contribution is 7.08. The van der Waals surface area contributed by atoms with Gasteiger partial charge in [0, 0.05) is 11.4 Å². The molecule has 5 nitrogen and oxygen atoms in total. The molecule has 0 aliphatic carbocycles. The summed E-state index contributed by atoms with van der Waals surface area (Å²) < 4.78 is 4.95. The highest BCUT2D eigenvalue weighted by Gasteiger charge is 2.12. The molecule has 0 saturated heterocycles. The van der Waals surface area contributed by atoms with Gasteiger partial charge in [0.2, 0.25) is 11.8 Å². The Bertz CT molecular complexity index is 585. The summed E-state index contributed by atoms with van der Waals surface area (Å²) in [4.78, 5) is 19.8. The van der Waals surface area contributed by atoms with Crippen molar-refractivity contribution in [3.63, 3.8) is 0 Å². The largest absolute Gasteiger partial charge is 0.481 e. The number of amides is 1. The van der Waals surface area contributed by atoms with E-state index in [4.69, 9.17) is 16.3 Å². The van der Waals surface area contributed by atoms with Crippen molar-refractivity contribution < 1.29 is 9.53 Å². The Labute approximate surface area is 113 Å². The number of carbonyl (C=O) groups is 1. The van der Waals surface area contributed by atoms with Crippen LogP contribution in [0.1, 0.15) is 15.9 Å². The lowest BCUT2D eigenvalue weighted by molar-refractivity contribution is 0.102. The van der Waals surface area contributed by atoms with E-state index in [0.29, 0.717) is 11.4 Å². The van der Waals surface area contributed by atoms with E-state index in [1.54, 1.807) is 5.38 Å². The van der Waals surface area contributed by atoms with Crippen LogP contribution in [-0.4, -0.2) is 23.0 Å². The van der Waals surface area contributed by atoms with E-state index in [1.165, 1.54) is 24.5 Å². The van der Waals surface area contributed by atoms with Gasteiger partial charge in [0.25, 0.3) is 5.91 Å². The summed E-state index contributed by atoms with van der Waals surface area (Å²) >= 11 is 7.25. The van der Waals surface area contributed by atoms with Gasteiger partial charge < -0.3 is 4.74 Å². The minimum absolute atomic E-state index is 0.120. The van der Waals surface area contributed by atoms with Gasteiger partial charge in [0.15, 0.2) is 0 Å². The summed E-state index contributed by atoms with van der Waals surface area (Å²) in [7, 11) is 1.47. The summed E-state index contributed by atoms with van der Waals surface area (Å²) in [6, 6.07) is 1.47. The molecule has 7 heteroatoms. The fourth-order valence-corrected chi connectivity index (χ4v) is 2.32. The normalized spacial score (nSPS) is 10.2. The third-order valence-electron chi connectivity index (χ3n) is 2.21. The zero-order valence-corrected chi connectivity index (χ0v) is 11.3. The Kier molecular flexibility index (Phi) is 3.78. The molecule has 2 aromatic rings. The number of aryl methyl sites for hydroxylation is 1. The quantitative estimate of drug-likeness (QED) is 0.880. The summed E-state index contributed by atoms with van der Waals surface area (Å²) in [5.74, 6) is 0.153. The number of carbonyl (C=O) groups excluding carboxylic acids is 1. The van der Waals surface area contributed by atoms with Crippen LogP contribution in [-0.2, 0) is 0 Å². The monoisotopic (exact) mass is 283 g/mol. The molecule has 0 unspecified atom stereocenters. The van der Waals surface area contributed by atoms with Gasteiger partial charge in [-0.25, -0.2) is 4.98 Å². The molecule has 0 aromatic carbocycles. The van der Waals surface area contributed by atoms with Crippen molar-refractivity contribution in [3.8, 4) is 5.88 Å². The second-order valence-electron chi connectivity index (χ2n) is 3.48. The molecule has 1 amide bonds. The number of ether oxygens (including phenoxy) is 1. The number of rotatable bonds is 3. The molecule has 0 fully saturated rings. The zero-order chi connectivity index (χ0) is 13.1. The molecule has 18 heavy (non-hydrogen) atoms. The maximum atomic E-state index is 11.9. The summed E-state index contributed by atoms with van der Waals surface area (Å²) in [6.07, 6.45) is 0. The minimum atomic E-state index is -0.266. The Hall–Kier alpha value is -1.66. The maximum absolute atomic E-state index is 11.9. The third-order valence-corrected chi connectivity index (χ3v) is 3.26. The molecule has 0 saturated carbocycles. The van der Waals surface area contributed by atoms with Crippen LogP contribution in [0.5, 0.6) is 5.88 Å². The lowest BCUT2D eigenvalue weighted by atomic mass is 10.2. The van der Waals surface area contributed by atoms with E-state index in [0.717, 1.165) is 5.56 Å². The van der Waals surface area contributed by atoms with Crippen molar-refractivity contribution in [1.82, 2.24) is 9.97 Å². The summed E-state index contributed by atoms with van der Waals surface area (Å²) in [5, 5.41) is 6.46. The van der Waals surface area contributed by atoms with Crippen molar-refractivity contribution in [2.45, 2.75) is 6.92 Å². The predicted molar refractivity (Wildman–Crippen MR) is 70.6 cm³/mol. The van der Waals surface area contributed by atoms with E-state index in [-0.39, 0.29) is 17.0 Å². The number of methoxy groups -OCH3 is 1. The SMILES string of the molecule is COc1cc(Cl)nc(NC(=O)c2cscc2C)n1. The molecule has 0 aliphatic rings. The highest BCUT2D eigenvalue weighted by atomic mass is 35.5. The number of halogens is 1. The molecule has 0 radical (unpaired) electrons. The van der Waals surface area contributed by atoms with Gasteiger partial charge in [-0.2, -0.15) is 16.3 Å².